The molecule has 0 amide bonds. The van der Waals surface area contributed by atoms with Crippen LogP contribution in [0.3, 0.4) is 0 Å². The van der Waals surface area contributed by atoms with Crippen molar-refractivity contribution in [2.45, 2.75) is 32.6 Å². The van der Waals surface area contributed by atoms with E-state index in [2.05, 4.69) is 45.6 Å². The summed E-state index contributed by atoms with van der Waals surface area (Å²) < 4.78 is 6.09. The molecule has 0 saturated heterocycles. The number of benzene rings is 4. The Morgan fingerprint density at radius 1 is 0.576 bits per heavy atom. The van der Waals surface area contributed by atoms with E-state index in [-0.39, 0.29) is 0 Å². The normalized spacial score (nSPS) is 11.5. The van der Waals surface area contributed by atoms with Crippen molar-refractivity contribution < 1.29 is 4.74 Å². The van der Waals surface area contributed by atoms with Crippen LogP contribution in [0.1, 0.15) is 32.6 Å². The minimum absolute atomic E-state index is 0.683. The van der Waals surface area contributed by atoms with Gasteiger partial charge in [0.15, 0.2) is 0 Å². The highest BCUT2D eigenvalue weighted by Crippen LogP contribution is 2.37. The SMILES string of the molecule is CCCCCCOc1ccc2ccccc2c1N=Nc1ccc(N=Nc2ccccc2)cc1. The maximum absolute atomic E-state index is 6.09. The molecule has 0 aliphatic rings. The Morgan fingerprint density at radius 2 is 1.21 bits per heavy atom. The molecule has 0 spiro atoms. The lowest BCUT2D eigenvalue weighted by Crippen LogP contribution is -1.97. The van der Waals surface area contributed by atoms with E-state index in [1.54, 1.807) is 0 Å². The lowest BCUT2D eigenvalue weighted by atomic mass is 10.1. The molecule has 0 bridgehead atoms. The molecule has 0 radical (unpaired) electrons. The summed E-state index contributed by atoms with van der Waals surface area (Å²) in [6, 6.07) is 29.4. The number of fused-ring (bicyclic) bond motifs is 1. The maximum atomic E-state index is 6.09. The average Bonchev–Trinajstić information content (AvgIpc) is 2.87. The minimum Gasteiger partial charge on any atom is -0.491 e. The predicted octanol–water partition coefficient (Wildman–Crippen LogP) is 9.63. The Bertz CT molecular complexity index is 1220. The number of azo groups is 2. The van der Waals surface area contributed by atoms with Crippen molar-refractivity contribution in [3.05, 3.63) is 91.0 Å². The second kappa shape index (κ2) is 11.7. The third kappa shape index (κ3) is 6.32. The van der Waals surface area contributed by atoms with Gasteiger partial charge in [0, 0.05) is 5.39 Å². The topological polar surface area (TPSA) is 58.7 Å². The van der Waals surface area contributed by atoms with Crippen molar-refractivity contribution in [3.63, 3.8) is 0 Å². The largest absolute Gasteiger partial charge is 0.491 e. The molecule has 0 fully saturated rings. The fraction of sp³-hybridized carbons (Fsp3) is 0.214. The van der Waals surface area contributed by atoms with Crippen LogP contribution >= 0.6 is 0 Å². The van der Waals surface area contributed by atoms with Gasteiger partial charge in [-0.15, -0.1) is 5.11 Å². The fourth-order valence-corrected chi connectivity index (χ4v) is 3.47. The average molecular weight is 437 g/mol. The molecule has 5 heteroatoms. The number of hydrogen-bond acceptors (Lipinski definition) is 5. The zero-order valence-corrected chi connectivity index (χ0v) is 18.9. The van der Waals surface area contributed by atoms with Gasteiger partial charge in [0.1, 0.15) is 11.4 Å². The van der Waals surface area contributed by atoms with Crippen LogP contribution in [-0.2, 0) is 0 Å². The van der Waals surface area contributed by atoms with Gasteiger partial charge < -0.3 is 4.74 Å². The van der Waals surface area contributed by atoms with Gasteiger partial charge in [-0.25, -0.2) is 0 Å². The van der Waals surface area contributed by atoms with Gasteiger partial charge in [0.25, 0.3) is 0 Å². The van der Waals surface area contributed by atoms with E-state index in [1.807, 2.05) is 72.8 Å². The molecule has 5 nitrogen and oxygen atoms in total. The molecule has 4 aromatic rings. The van der Waals surface area contributed by atoms with Crippen molar-refractivity contribution in [2.75, 3.05) is 6.61 Å². The molecule has 0 atom stereocenters. The summed E-state index contributed by atoms with van der Waals surface area (Å²) in [5, 5.41) is 19.7. The highest BCUT2D eigenvalue weighted by molar-refractivity contribution is 5.95. The van der Waals surface area contributed by atoms with Crippen LogP contribution in [0, 0.1) is 0 Å². The molecule has 0 aromatic heterocycles. The molecule has 166 valence electrons. The molecule has 0 N–H and O–H groups in total. The van der Waals surface area contributed by atoms with Crippen LogP contribution in [0.2, 0.25) is 0 Å². The summed E-state index contributed by atoms with van der Waals surface area (Å²) in [5.41, 5.74) is 3.09. The monoisotopic (exact) mass is 436 g/mol. The molecule has 0 aliphatic carbocycles. The number of nitrogens with zero attached hydrogens (tertiary/aromatic N) is 4. The Labute approximate surface area is 194 Å². The predicted molar refractivity (Wildman–Crippen MR) is 135 cm³/mol. The van der Waals surface area contributed by atoms with Gasteiger partial charge in [-0.1, -0.05) is 74.7 Å². The summed E-state index contributed by atoms with van der Waals surface area (Å²) in [7, 11) is 0. The van der Waals surface area contributed by atoms with E-state index in [0.717, 1.165) is 45.7 Å². The van der Waals surface area contributed by atoms with Crippen LogP contribution in [0.15, 0.2) is 111 Å². The summed E-state index contributed by atoms with van der Waals surface area (Å²) in [6.07, 6.45) is 4.65. The van der Waals surface area contributed by atoms with Crippen molar-refractivity contribution >= 4 is 33.5 Å². The third-order valence-electron chi connectivity index (χ3n) is 5.27. The molecule has 4 aromatic carbocycles. The zero-order valence-electron chi connectivity index (χ0n) is 18.9. The Hall–Kier alpha value is -3.86. The van der Waals surface area contributed by atoms with E-state index in [4.69, 9.17) is 4.74 Å². The highest BCUT2D eigenvalue weighted by Gasteiger charge is 2.09. The molecular weight excluding hydrogens is 408 g/mol. The maximum Gasteiger partial charge on any atom is 0.147 e. The highest BCUT2D eigenvalue weighted by atomic mass is 16.5. The summed E-state index contributed by atoms with van der Waals surface area (Å²) in [4.78, 5) is 0. The first-order chi connectivity index (χ1) is 16.3. The first kappa shape index (κ1) is 22.3. The summed E-state index contributed by atoms with van der Waals surface area (Å²) in [6.45, 7) is 2.89. The van der Waals surface area contributed by atoms with Gasteiger partial charge >= 0.3 is 0 Å². The lowest BCUT2D eigenvalue weighted by molar-refractivity contribution is 0.306. The van der Waals surface area contributed by atoms with Crippen molar-refractivity contribution in [1.29, 1.82) is 0 Å². The van der Waals surface area contributed by atoms with Gasteiger partial charge in [0.2, 0.25) is 0 Å². The quantitative estimate of drug-likeness (QED) is 0.180. The van der Waals surface area contributed by atoms with E-state index < -0.39 is 0 Å². The summed E-state index contributed by atoms with van der Waals surface area (Å²) >= 11 is 0. The second-order valence-electron chi connectivity index (χ2n) is 7.79. The van der Waals surface area contributed by atoms with E-state index in [0.29, 0.717) is 6.61 Å². The van der Waals surface area contributed by atoms with Crippen LogP contribution in [0.4, 0.5) is 22.7 Å². The van der Waals surface area contributed by atoms with E-state index in [1.165, 1.54) is 19.3 Å². The van der Waals surface area contributed by atoms with Crippen LogP contribution in [0.25, 0.3) is 10.8 Å². The second-order valence-corrected chi connectivity index (χ2v) is 7.79. The van der Waals surface area contributed by atoms with Crippen molar-refractivity contribution in [1.82, 2.24) is 0 Å². The Balaban J connectivity index is 1.51. The molecule has 0 saturated carbocycles. The Morgan fingerprint density at radius 3 is 1.94 bits per heavy atom. The zero-order chi connectivity index (χ0) is 22.7. The standard InChI is InChI=1S/C28H28N4O/c1-2-3-4-10-21-33-27-20-15-22-11-8-9-14-26(22)28(27)32-31-25-18-16-24(17-19-25)30-29-23-12-6-5-7-13-23/h5-9,11-20H,2-4,10,21H2,1H3. The molecular formula is C28H28N4O. The van der Waals surface area contributed by atoms with E-state index >= 15 is 0 Å². The van der Waals surface area contributed by atoms with E-state index in [9.17, 15) is 0 Å². The molecule has 4 rings (SSSR count). The third-order valence-corrected chi connectivity index (χ3v) is 5.27. The fourth-order valence-electron chi connectivity index (χ4n) is 3.47. The number of ether oxygens (including phenoxy) is 1. The number of rotatable bonds is 10. The van der Waals surface area contributed by atoms with Crippen molar-refractivity contribution in [2.24, 2.45) is 20.5 Å². The molecule has 0 heterocycles. The molecule has 0 aliphatic heterocycles. The summed E-state index contributed by atoms with van der Waals surface area (Å²) in [5.74, 6) is 0.766. The van der Waals surface area contributed by atoms with Crippen LogP contribution in [-0.4, -0.2) is 6.61 Å². The van der Waals surface area contributed by atoms with Crippen LogP contribution in [0.5, 0.6) is 5.75 Å². The van der Waals surface area contributed by atoms with Gasteiger partial charge in [0.05, 0.1) is 23.7 Å². The molecule has 0 unspecified atom stereocenters. The minimum atomic E-state index is 0.683. The smallest absolute Gasteiger partial charge is 0.147 e. The lowest BCUT2D eigenvalue weighted by Gasteiger charge is -2.11. The number of hydrogen-bond donors (Lipinski definition) is 0. The first-order valence-corrected chi connectivity index (χ1v) is 11.5. The van der Waals surface area contributed by atoms with Gasteiger partial charge in [-0.05, 0) is 54.3 Å². The first-order valence-electron chi connectivity index (χ1n) is 11.5. The Kier molecular flexibility index (Phi) is 7.90. The van der Waals surface area contributed by atoms with Crippen LogP contribution < -0.4 is 4.74 Å². The van der Waals surface area contributed by atoms with Gasteiger partial charge in [-0.2, -0.15) is 15.3 Å². The van der Waals surface area contributed by atoms with Gasteiger partial charge in [-0.3, -0.25) is 0 Å². The number of unbranched alkanes of at least 4 members (excludes halogenated alkanes) is 3. The molecule has 33 heavy (non-hydrogen) atoms. The van der Waals surface area contributed by atoms with Crippen molar-refractivity contribution in [3.8, 4) is 5.75 Å².